The minimum atomic E-state index is -0.219. The molecule has 0 saturated carbocycles. The highest BCUT2D eigenvalue weighted by atomic mass is 16.5. The summed E-state index contributed by atoms with van der Waals surface area (Å²) in [6, 6.07) is 12.3. The summed E-state index contributed by atoms with van der Waals surface area (Å²) in [7, 11) is 0. The number of aromatic nitrogens is 1. The molecule has 4 heterocycles. The van der Waals surface area contributed by atoms with Crippen LogP contribution in [-0.2, 0) is 21.6 Å². The van der Waals surface area contributed by atoms with Crippen molar-refractivity contribution in [1.29, 1.82) is 0 Å². The predicted molar refractivity (Wildman–Crippen MR) is 115 cm³/mol. The monoisotopic (exact) mass is 407 g/mol. The van der Waals surface area contributed by atoms with Gasteiger partial charge in [0.25, 0.3) is 5.91 Å². The molecule has 0 radical (unpaired) electrons. The van der Waals surface area contributed by atoms with Gasteiger partial charge in [0.2, 0.25) is 0 Å². The van der Waals surface area contributed by atoms with E-state index in [0.717, 1.165) is 76.5 Å². The second-order valence-electron chi connectivity index (χ2n) is 8.46. The molecule has 2 fully saturated rings. The third-order valence-corrected chi connectivity index (χ3v) is 6.68. The Balaban J connectivity index is 1.26. The third-order valence-electron chi connectivity index (χ3n) is 6.68. The predicted octanol–water partition coefficient (Wildman–Crippen LogP) is 3.15. The molecule has 3 aliphatic rings. The molecule has 2 saturated heterocycles. The molecule has 0 aliphatic carbocycles. The summed E-state index contributed by atoms with van der Waals surface area (Å²) in [5, 5.41) is 0. The molecule has 0 atom stereocenters. The van der Waals surface area contributed by atoms with Crippen LogP contribution >= 0.6 is 0 Å². The van der Waals surface area contributed by atoms with E-state index in [0.29, 0.717) is 0 Å². The van der Waals surface area contributed by atoms with Crippen molar-refractivity contribution in [2.45, 2.75) is 37.7 Å². The molecule has 3 aliphatic heterocycles. The number of carbonyl (C=O) groups excluding carboxylic acids is 1. The van der Waals surface area contributed by atoms with Crippen molar-refractivity contribution in [3.8, 4) is 5.75 Å². The molecule has 6 heteroatoms. The average Bonchev–Trinajstić information content (AvgIpc) is 3.34. The molecule has 5 rings (SSSR count). The molecular weight excluding hydrogens is 378 g/mol. The number of fused-ring (bicyclic) bond motifs is 2. The Morgan fingerprint density at radius 3 is 2.70 bits per heavy atom. The highest BCUT2D eigenvalue weighted by Gasteiger charge is 2.41. The molecular formula is C24H29N3O3. The van der Waals surface area contributed by atoms with Gasteiger partial charge in [-0.15, -0.1) is 0 Å². The molecule has 1 spiro atoms. The van der Waals surface area contributed by atoms with E-state index >= 15 is 0 Å². The van der Waals surface area contributed by atoms with Crippen molar-refractivity contribution in [3.05, 3.63) is 53.7 Å². The van der Waals surface area contributed by atoms with Gasteiger partial charge in [-0.25, -0.2) is 4.98 Å². The van der Waals surface area contributed by atoms with Crippen LogP contribution in [0.5, 0.6) is 5.75 Å². The van der Waals surface area contributed by atoms with E-state index in [9.17, 15) is 4.79 Å². The zero-order chi connectivity index (χ0) is 20.4. The van der Waals surface area contributed by atoms with E-state index in [1.54, 1.807) is 0 Å². The maximum absolute atomic E-state index is 12.3. The summed E-state index contributed by atoms with van der Waals surface area (Å²) in [5.74, 6) is 1.91. The lowest BCUT2D eigenvalue weighted by Crippen LogP contribution is -2.46. The van der Waals surface area contributed by atoms with Gasteiger partial charge < -0.3 is 19.3 Å². The van der Waals surface area contributed by atoms with Crippen molar-refractivity contribution in [1.82, 2.24) is 9.88 Å². The Hall–Kier alpha value is -2.60. The molecule has 158 valence electrons. The summed E-state index contributed by atoms with van der Waals surface area (Å²) in [6.07, 6.45) is 6.84. The first kappa shape index (κ1) is 19.4. The maximum Gasteiger partial charge on any atom is 0.260 e. The van der Waals surface area contributed by atoms with E-state index in [4.69, 9.17) is 9.47 Å². The summed E-state index contributed by atoms with van der Waals surface area (Å²) < 4.78 is 12.2. The zero-order valence-electron chi connectivity index (χ0n) is 17.4. The van der Waals surface area contributed by atoms with Crippen LogP contribution in [0.25, 0.3) is 0 Å². The van der Waals surface area contributed by atoms with Crippen LogP contribution in [0.2, 0.25) is 0 Å². The number of likely N-dealkylation sites (tertiary alicyclic amines) is 1. The van der Waals surface area contributed by atoms with Crippen molar-refractivity contribution < 1.29 is 14.3 Å². The van der Waals surface area contributed by atoms with Gasteiger partial charge in [0.15, 0.2) is 6.61 Å². The molecule has 6 nitrogen and oxygen atoms in total. The normalized spacial score (nSPS) is 20.3. The molecule has 0 bridgehead atoms. The van der Waals surface area contributed by atoms with Gasteiger partial charge >= 0.3 is 0 Å². The van der Waals surface area contributed by atoms with E-state index in [1.807, 2.05) is 29.3 Å². The van der Waals surface area contributed by atoms with Gasteiger partial charge in [-0.3, -0.25) is 4.79 Å². The summed E-state index contributed by atoms with van der Waals surface area (Å²) in [4.78, 5) is 21.0. The average molecular weight is 408 g/mol. The van der Waals surface area contributed by atoms with E-state index in [-0.39, 0.29) is 18.1 Å². The second-order valence-corrected chi connectivity index (χ2v) is 8.46. The van der Waals surface area contributed by atoms with Crippen LogP contribution < -0.4 is 9.64 Å². The number of amides is 1. The fourth-order valence-corrected chi connectivity index (χ4v) is 5.00. The first-order chi connectivity index (χ1) is 14.7. The highest BCUT2D eigenvalue weighted by Crippen LogP contribution is 2.43. The number of rotatable bonds is 4. The number of anilines is 1. The van der Waals surface area contributed by atoms with E-state index in [2.05, 4.69) is 28.1 Å². The topological polar surface area (TPSA) is 54.9 Å². The Morgan fingerprint density at radius 2 is 1.93 bits per heavy atom. The minimum absolute atomic E-state index is 0.0897. The second kappa shape index (κ2) is 8.26. The van der Waals surface area contributed by atoms with Gasteiger partial charge in [-0.05, 0) is 67.5 Å². The number of piperidine rings is 1. The SMILES string of the molecule is O=C(COc1ccc2c(c1)CCOC21CCN(c2ccccn2)CC1)N1CCCC1. The largest absolute Gasteiger partial charge is 0.484 e. The lowest BCUT2D eigenvalue weighted by Gasteiger charge is -2.45. The molecule has 1 amide bonds. The fraction of sp³-hybridized carbons (Fsp3) is 0.500. The van der Waals surface area contributed by atoms with Crippen LogP contribution in [0.4, 0.5) is 5.82 Å². The molecule has 0 N–H and O–H groups in total. The smallest absolute Gasteiger partial charge is 0.260 e. The van der Waals surface area contributed by atoms with Crippen molar-refractivity contribution in [2.75, 3.05) is 44.3 Å². The first-order valence-corrected chi connectivity index (χ1v) is 11.1. The zero-order valence-corrected chi connectivity index (χ0v) is 17.4. The van der Waals surface area contributed by atoms with Crippen LogP contribution in [0.15, 0.2) is 42.6 Å². The quantitative estimate of drug-likeness (QED) is 0.779. The lowest BCUT2D eigenvalue weighted by molar-refractivity contribution is -0.132. The Morgan fingerprint density at radius 1 is 1.10 bits per heavy atom. The number of hydrogen-bond donors (Lipinski definition) is 0. The Bertz CT molecular complexity index is 888. The number of pyridine rings is 1. The first-order valence-electron chi connectivity index (χ1n) is 11.1. The number of ether oxygens (including phenoxy) is 2. The number of benzene rings is 1. The molecule has 0 unspecified atom stereocenters. The Labute approximate surface area is 177 Å². The third kappa shape index (κ3) is 3.76. The van der Waals surface area contributed by atoms with Crippen LogP contribution in [-0.4, -0.2) is 55.2 Å². The Kier molecular flexibility index (Phi) is 5.34. The fourth-order valence-electron chi connectivity index (χ4n) is 5.00. The van der Waals surface area contributed by atoms with Gasteiger partial charge in [-0.2, -0.15) is 0 Å². The highest BCUT2D eigenvalue weighted by molar-refractivity contribution is 5.78. The number of hydrogen-bond acceptors (Lipinski definition) is 5. The summed E-state index contributed by atoms with van der Waals surface area (Å²) in [6.45, 7) is 4.44. The molecule has 2 aromatic rings. The van der Waals surface area contributed by atoms with Gasteiger partial charge in [-0.1, -0.05) is 12.1 Å². The standard InChI is InChI=1S/C24H29N3O3/c28-23(27-12-3-4-13-27)18-29-20-6-7-21-19(17-20)8-16-30-24(21)9-14-26(15-10-24)22-5-1-2-11-25-22/h1-2,5-7,11,17H,3-4,8-10,12-16,18H2. The van der Waals surface area contributed by atoms with Gasteiger partial charge in [0, 0.05) is 32.4 Å². The lowest BCUT2D eigenvalue weighted by atomic mass is 9.79. The number of carbonyl (C=O) groups is 1. The van der Waals surface area contributed by atoms with E-state index in [1.165, 1.54) is 11.1 Å². The van der Waals surface area contributed by atoms with E-state index < -0.39 is 0 Å². The van der Waals surface area contributed by atoms with Crippen molar-refractivity contribution >= 4 is 11.7 Å². The van der Waals surface area contributed by atoms with Crippen molar-refractivity contribution in [3.63, 3.8) is 0 Å². The van der Waals surface area contributed by atoms with Crippen LogP contribution in [0.1, 0.15) is 36.8 Å². The molecule has 1 aromatic heterocycles. The maximum atomic E-state index is 12.3. The molecule has 1 aromatic carbocycles. The van der Waals surface area contributed by atoms with Gasteiger partial charge in [0.05, 0.1) is 12.2 Å². The van der Waals surface area contributed by atoms with Gasteiger partial charge in [0.1, 0.15) is 11.6 Å². The van der Waals surface area contributed by atoms with Crippen LogP contribution in [0, 0.1) is 0 Å². The van der Waals surface area contributed by atoms with Crippen molar-refractivity contribution in [2.24, 2.45) is 0 Å². The summed E-state index contributed by atoms with van der Waals surface area (Å²) in [5.41, 5.74) is 2.36. The van der Waals surface area contributed by atoms with Crippen LogP contribution in [0.3, 0.4) is 0 Å². The molecule has 30 heavy (non-hydrogen) atoms. The number of nitrogens with zero attached hydrogens (tertiary/aromatic N) is 3. The summed E-state index contributed by atoms with van der Waals surface area (Å²) >= 11 is 0. The minimum Gasteiger partial charge on any atom is -0.484 e.